The Bertz CT molecular complexity index is 3330. The summed E-state index contributed by atoms with van der Waals surface area (Å²) in [6.07, 6.45) is 2.60. The molecule has 8 bridgehead atoms. The van der Waals surface area contributed by atoms with Crippen molar-refractivity contribution in [1.29, 1.82) is 0 Å². The zero-order chi connectivity index (χ0) is 56.5. The Morgan fingerprint density at radius 1 is 0.341 bits per heavy atom. The highest BCUT2D eigenvalue weighted by Gasteiger charge is 2.46. The number of ether oxygens (including phenoxy) is 2. The minimum atomic E-state index is -2.65. The van der Waals surface area contributed by atoms with Gasteiger partial charge in [-0.2, -0.15) is 0 Å². The number of phenols is 2. The molecule has 0 spiro atoms. The third-order valence-corrected chi connectivity index (χ3v) is 23.5. The summed E-state index contributed by atoms with van der Waals surface area (Å²) in [6.45, 7) is 5.03. The lowest BCUT2D eigenvalue weighted by Gasteiger charge is -2.25. The summed E-state index contributed by atoms with van der Waals surface area (Å²) in [5.41, 5.74) is 7.02. The summed E-state index contributed by atoms with van der Waals surface area (Å²) in [7, 11) is -5.31. The van der Waals surface area contributed by atoms with E-state index in [-0.39, 0.29) is 48.7 Å². The molecule has 0 saturated carbocycles. The summed E-state index contributed by atoms with van der Waals surface area (Å²) < 4.78 is 13.5. The van der Waals surface area contributed by atoms with Gasteiger partial charge in [0, 0.05) is 36.8 Å². The lowest BCUT2D eigenvalue weighted by molar-refractivity contribution is 0.311. The molecule has 0 saturated heterocycles. The maximum absolute atomic E-state index is 13.0. The number of aromatic hydroxyl groups is 2. The van der Waals surface area contributed by atoms with E-state index >= 15 is 0 Å². The first kappa shape index (κ1) is 55.3. The van der Waals surface area contributed by atoms with Gasteiger partial charge in [-0.05, 0) is 154 Å². The summed E-state index contributed by atoms with van der Waals surface area (Å²) in [6, 6.07) is 82.5. The molecule has 0 aromatic heterocycles. The average molecular weight is 1120 g/mol. The molecule has 408 valence electrons. The van der Waals surface area contributed by atoms with Crippen LogP contribution >= 0.6 is 14.5 Å². The lowest BCUT2D eigenvalue weighted by Crippen LogP contribution is -2.29. The van der Waals surface area contributed by atoms with Gasteiger partial charge < -0.3 is 29.9 Å². The second-order valence-electron chi connectivity index (χ2n) is 21.0. The van der Waals surface area contributed by atoms with Crippen LogP contribution < -0.4 is 41.3 Å². The van der Waals surface area contributed by atoms with Crippen LogP contribution in [0.15, 0.2) is 254 Å². The van der Waals surface area contributed by atoms with Crippen LogP contribution in [0.5, 0.6) is 23.0 Å². The van der Waals surface area contributed by atoms with E-state index in [1.807, 2.05) is 97.1 Å². The molecule has 10 aromatic carbocycles. The predicted molar refractivity (Wildman–Crippen MR) is 343 cm³/mol. The molecule has 8 heteroatoms. The molecule has 10 aromatic rings. The van der Waals surface area contributed by atoms with Crippen LogP contribution in [0.1, 0.15) is 82.3 Å². The van der Waals surface area contributed by atoms with Crippen LogP contribution in [0.2, 0.25) is 0 Å². The molecule has 0 heterocycles. The van der Waals surface area contributed by atoms with Gasteiger partial charge in [0.25, 0.3) is 0 Å². The van der Waals surface area contributed by atoms with E-state index in [1.54, 1.807) is 0 Å². The Hall–Kier alpha value is -8.66. The van der Waals surface area contributed by atoms with E-state index in [1.165, 1.54) is 0 Å². The molecule has 1 aliphatic carbocycles. The predicted octanol–water partition coefficient (Wildman–Crippen LogP) is 15.1. The van der Waals surface area contributed by atoms with E-state index in [0.717, 1.165) is 66.9 Å². The molecule has 0 amide bonds. The fourth-order valence-corrected chi connectivity index (χ4v) is 19.2. The van der Waals surface area contributed by atoms with Crippen LogP contribution in [-0.4, -0.2) is 33.6 Å². The van der Waals surface area contributed by atoms with E-state index in [0.29, 0.717) is 58.1 Å². The Morgan fingerprint density at radius 2 is 0.573 bits per heavy atom. The Kier molecular flexibility index (Phi) is 16.9. The monoisotopic (exact) mass is 1110 g/mol. The standard InChI is InChI=1S/C74H66O6P2/c1-3-41-79-73-53-25-23-26-54(73)44-60-48-58(70(76)52-82(66-35-17-8-18-36-66,67-37-19-9-20-38-67)68-39-21-10-22-40-68)50-62(72(60)78)46-56-28-24-27-55(74(56)80-42-4-2)45-61-49-57(47-59(43-53)71(61)77)69(75)51-81(63-29-11-5-12-30-63,64-31-13-6-14-32-64)65-33-15-7-16-34-65/h5-40,47-52H,3-4,41-46H2,1-2H3,(H2-2,75,76,77,78)/p+2/b69-51-,70-52-. The molecule has 0 fully saturated rings. The number of hydrogen-bond acceptors (Lipinski definition) is 6. The van der Waals surface area contributed by atoms with Crippen LogP contribution in [-0.2, 0) is 25.7 Å². The highest BCUT2D eigenvalue weighted by Crippen LogP contribution is 2.60. The smallest absolute Gasteiger partial charge is 0.158 e. The minimum Gasteiger partial charge on any atom is -0.507 e. The zero-order valence-corrected chi connectivity index (χ0v) is 48.2. The maximum Gasteiger partial charge on any atom is 0.158 e. The molecule has 0 radical (unpaired) electrons. The SMILES string of the molecule is CCCOc1c2cccc1Cc1cc(/C(O)=C/[P+](c3ccccc3)(c3ccccc3)c3ccccc3)cc(c1O)Cc1cccc(c1OCCC)Cc1cc(/C(O)=C/[P+](c3ccccc3)(c3ccccc3)c3ccccc3)cc(c1O)C2. The molecule has 11 rings (SSSR count). The first-order chi connectivity index (χ1) is 40.2. The number of fused-ring (bicyclic) bond motifs is 8. The average Bonchev–Trinajstić information content (AvgIpc) is 2.20. The van der Waals surface area contributed by atoms with Gasteiger partial charge in [0.15, 0.2) is 11.5 Å². The van der Waals surface area contributed by atoms with Crippen molar-refractivity contribution in [3.05, 3.63) is 310 Å². The van der Waals surface area contributed by atoms with Crippen molar-refractivity contribution in [2.24, 2.45) is 0 Å². The zero-order valence-electron chi connectivity index (χ0n) is 46.4. The van der Waals surface area contributed by atoms with Gasteiger partial charge in [-0.1, -0.05) is 159 Å². The third kappa shape index (κ3) is 11.2. The number of aliphatic hydroxyl groups is 2. The van der Waals surface area contributed by atoms with Gasteiger partial charge in [0.1, 0.15) is 81.0 Å². The summed E-state index contributed by atoms with van der Waals surface area (Å²) in [5.74, 6) is 5.94. The van der Waals surface area contributed by atoms with Crippen LogP contribution in [0.25, 0.3) is 11.5 Å². The fourth-order valence-electron chi connectivity index (χ4n) is 11.6. The molecule has 82 heavy (non-hydrogen) atoms. The molecule has 6 nitrogen and oxygen atoms in total. The number of para-hydroxylation sites is 2. The number of rotatable bonds is 16. The topological polar surface area (TPSA) is 99.4 Å². The number of aliphatic hydroxyl groups excluding tert-OH is 2. The number of phenolic OH excluding ortho intramolecular Hbond substituents is 2. The van der Waals surface area contributed by atoms with Crippen molar-refractivity contribution in [2.75, 3.05) is 13.2 Å². The minimum absolute atomic E-state index is 0.104. The van der Waals surface area contributed by atoms with Crippen molar-refractivity contribution in [1.82, 2.24) is 0 Å². The first-order valence-electron chi connectivity index (χ1n) is 28.3. The van der Waals surface area contributed by atoms with Gasteiger partial charge in [0.2, 0.25) is 0 Å². The van der Waals surface area contributed by atoms with E-state index in [4.69, 9.17) is 9.47 Å². The second kappa shape index (κ2) is 25.0. The highest BCUT2D eigenvalue weighted by atomic mass is 31.2. The third-order valence-electron chi connectivity index (χ3n) is 15.5. The largest absolute Gasteiger partial charge is 0.507 e. The van der Waals surface area contributed by atoms with Gasteiger partial charge in [0.05, 0.1) is 13.2 Å². The summed E-state index contributed by atoms with van der Waals surface area (Å²) >= 11 is 0. The maximum atomic E-state index is 13.0. The summed E-state index contributed by atoms with van der Waals surface area (Å²) in [5, 5.41) is 57.9. The quantitative estimate of drug-likeness (QED) is 0.0568. The molecule has 1 aliphatic rings. The van der Waals surface area contributed by atoms with E-state index < -0.39 is 14.5 Å². The van der Waals surface area contributed by atoms with E-state index in [2.05, 4.69) is 171 Å². The van der Waals surface area contributed by atoms with Gasteiger partial charge >= 0.3 is 0 Å². The normalized spacial score (nSPS) is 12.9. The highest BCUT2D eigenvalue weighted by molar-refractivity contribution is 7.98. The van der Waals surface area contributed by atoms with Crippen molar-refractivity contribution in [3.8, 4) is 23.0 Å². The van der Waals surface area contributed by atoms with Crippen molar-refractivity contribution >= 4 is 57.9 Å². The van der Waals surface area contributed by atoms with Crippen molar-refractivity contribution < 1.29 is 29.9 Å². The van der Waals surface area contributed by atoms with Crippen LogP contribution in [0.3, 0.4) is 0 Å². The fraction of sp³-hybridized carbons (Fsp3) is 0.135. The molecule has 0 aliphatic heterocycles. The molecule has 0 unspecified atom stereocenters. The van der Waals surface area contributed by atoms with Crippen LogP contribution in [0, 0.1) is 0 Å². The van der Waals surface area contributed by atoms with Gasteiger partial charge in [-0.3, -0.25) is 0 Å². The Balaban J connectivity index is 1.12. The second-order valence-corrected chi connectivity index (χ2v) is 27.5. The number of benzene rings is 10. The Labute approximate surface area is 483 Å². The Morgan fingerprint density at radius 3 is 0.793 bits per heavy atom. The van der Waals surface area contributed by atoms with Crippen LogP contribution in [0.4, 0.5) is 0 Å². The van der Waals surface area contributed by atoms with E-state index in [9.17, 15) is 20.4 Å². The van der Waals surface area contributed by atoms with Gasteiger partial charge in [-0.25, -0.2) is 0 Å². The molecule has 0 atom stereocenters. The number of hydrogen-bond donors (Lipinski definition) is 4. The summed E-state index contributed by atoms with van der Waals surface area (Å²) in [4.78, 5) is 0. The van der Waals surface area contributed by atoms with Crippen molar-refractivity contribution in [2.45, 2.75) is 52.4 Å². The lowest BCUT2D eigenvalue weighted by atomic mass is 9.89. The van der Waals surface area contributed by atoms with Gasteiger partial charge in [-0.15, -0.1) is 0 Å². The molecule has 4 N–H and O–H groups in total. The molecular weight excluding hydrogens is 1050 g/mol. The molecular formula is C74H68O6P2+2. The first-order valence-corrected chi connectivity index (χ1v) is 32.0. The van der Waals surface area contributed by atoms with Crippen molar-refractivity contribution in [3.63, 3.8) is 0 Å².